The number of rotatable bonds is 0. The second-order valence-corrected chi connectivity index (χ2v) is 2.50. The summed E-state index contributed by atoms with van der Waals surface area (Å²) in [4.78, 5) is 0. The largest absolute Gasteiger partial charge is 0.326 e. The Morgan fingerprint density at radius 2 is 2.12 bits per heavy atom. The minimum atomic E-state index is 0. The third-order valence-electron chi connectivity index (χ3n) is 1.68. The van der Waals surface area contributed by atoms with Crippen LogP contribution in [0.3, 0.4) is 0 Å². The van der Waals surface area contributed by atoms with Gasteiger partial charge in [-0.1, -0.05) is 26.2 Å². The molecule has 0 saturated heterocycles. The maximum Gasteiger partial charge on any atom is 0 e. The predicted molar refractivity (Wildman–Crippen MR) is 31.9 cm³/mol. The van der Waals surface area contributed by atoms with Gasteiger partial charge in [-0.25, -0.2) is 0 Å². The quantitative estimate of drug-likeness (QED) is 0.509. The van der Waals surface area contributed by atoms with Crippen molar-refractivity contribution in [2.24, 2.45) is 5.92 Å². The average molecular weight is 186 g/mol. The average Bonchev–Trinajstić information content (AvgIpc) is 1.69. The standard InChI is InChI=1S/C7H13.Y/c1-7-5-3-2-4-6-7;/h5,7H,2-4,6H2,1H3;/q-1;. The first-order chi connectivity index (χ1) is 3.39. The molecule has 0 bridgehead atoms. The van der Waals surface area contributed by atoms with E-state index in [1.807, 2.05) is 0 Å². The second kappa shape index (κ2) is 4.93. The molecular weight excluding hydrogens is 173 g/mol. The van der Waals surface area contributed by atoms with Gasteiger partial charge in [-0.15, -0.1) is 0 Å². The molecule has 1 heteroatoms. The summed E-state index contributed by atoms with van der Waals surface area (Å²) in [5, 5.41) is 0. The molecule has 0 aromatic rings. The number of hydrogen-bond acceptors (Lipinski definition) is 0. The van der Waals surface area contributed by atoms with Crippen LogP contribution in [0.15, 0.2) is 0 Å². The van der Waals surface area contributed by atoms with E-state index in [1.165, 1.54) is 25.7 Å². The summed E-state index contributed by atoms with van der Waals surface area (Å²) in [6.45, 7) is 2.30. The zero-order valence-corrected chi connectivity index (χ0v) is 8.40. The molecule has 0 spiro atoms. The smallest absolute Gasteiger partial charge is 0 e. The van der Waals surface area contributed by atoms with Crippen LogP contribution < -0.4 is 0 Å². The third-order valence-corrected chi connectivity index (χ3v) is 1.68. The van der Waals surface area contributed by atoms with Crippen LogP contribution in [-0.2, 0) is 32.7 Å². The van der Waals surface area contributed by atoms with Crippen LogP contribution in [-0.4, -0.2) is 0 Å². The first kappa shape index (κ1) is 9.10. The zero-order valence-electron chi connectivity index (χ0n) is 5.56. The molecule has 0 nitrogen and oxygen atoms in total. The molecule has 45 valence electrons. The molecule has 1 unspecified atom stereocenters. The molecule has 1 aliphatic rings. The van der Waals surface area contributed by atoms with Crippen LogP contribution in [0, 0.1) is 12.3 Å². The van der Waals surface area contributed by atoms with Gasteiger partial charge in [0.15, 0.2) is 0 Å². The Morgan fingerprint density at radius 3 is 2.38 bits per heavy atom. The minimum absolute atomic E-state index is 0. The van der Waals surface area contributed by atoms with E-state index in [2.05, 4.69) is 13.3 Å². The Hall–Kier alpha value is 1.10. The topological polar surface area (TPSA) is 0 Å². The summed E-state index contributed by atoms with van der Waals surface area (Å²) < 4.78 is 0. The maximum absolute atomic E-state index is 2.43. The Kier molecular flexibility index (Phi) is 5.62. The van der Waals surface area contributed by atoms with Crippen LogP contribution in [0.5, 0.6) is 0 Å². The van der Waals surface area contributed by atoms with E-state index in [9.17, 15) is 0 Å². The van der Waals surface area contributed by atoms with Gasteiger partial charge >= 0.3 is 0 Å². The van der Waals surface area contributed by atoms with E-state index in [0.717, 1.165) is 5.92 Å². The molecule has 1 radical (unpaired) electrons. The van der Waals surface area contributed by atoms with Gasteiger partial charge in [0.05, 0.1) is 0 Å². The summed E-state index contributed by atoms with van der Waals surface area (Å²) in [5.41, 5.74) is 0. The van der Waals surface area contributed by atoms with Crippen LogP contribution in [0.4, 0.5) is 0 Å². The molecule has 8 heavy (non-hydrogen) atoms. The molecule has 0 N–H and O–H groups in total. The van der Waals surface area contributed by atoms with E-state index in [0.29, 0.717) is 0 Å². The monoisotopic (exact) mass is 186 g/mol. The van der Waals surface area contributed by atoms with Gasteiger partial charge in [-0.05, 0) is 0 Å². The van der Waals surface area contributed by atoms with Gasteiger partial charge in [0, 0.05) is 32.7 Å². The molecule has 1 rings (SSSR count). The van der Waals surface area contributed by atoms with E-state index < -0.39 is 0 Å². The molecule has 0 aromatic heterocycles. The van der Waals surface area contributed by atoms with Crippen LogP contribution >= 0.6 is 0 Å². The third kappa shape index (κ3) is 3.19. The van der Waals surface area contributed by atoms with Crippen molar-refractivity contribution in [3.8, 4) is 0 Å². The van der Waals surface area contributed by atoms with Crippen molar-refractivity contribution in [1.29, 1.82) is 0 Å². The Morgan fingerprint density at radius 1 is 1.38 bits per heavy atom. The van der Waals surface area contributed by atoms with Gasteiger partial charge in [0.25, 0.3) is 0 Å². The summed E-state index contributed by atoms with van der Waals surface area (Å²) in [5.74, 6) is 0.911. The summed E-state index contributed by atoms with van der Waals surface area (Å²) in [6, 6.07) is 0. The normalized spacial score (nSPS) is 28.9. The Labute approximate surface area is 77.3 Å². The molecular formula is C7H13Y-. The van der Waals surface area contributed by atoms with Crippen molar-refractivity contribution >= 4 is 0 Å². The fraction of sp³-hybridized carbons (Fsp3) is 0.857. The first-order valence-corrected chi connectivity index (χ1v) is 3.23. The Bertz CT molecular complexity index is 46.3. The van der Waals surface area contributed by atoms with E-state index >= 15 is 0 Å². The molecule has 1 atom stereocenters. The zero-order chi connectivity index (χ0) is 5.11. The van der Waals surface area contributed by atoms with Gasteiger partial charge in [0.1, 0.15) is 0 Å². The fourth-order valence-electron chi connectivity index (χ4n) is 1.13. The first-order valence-electron chi connectivity index (χ1n) is 3.23. The molecule has 0 amide bonds. The van der Waals surface area contributed by atoms with Gasteiger partial charge in [-0.3, -0.25) is 0 Å². The predicted octanol–water partition coefficient (Wildman–Crippen LogP) is 2.40. The molecule has 1 aliphatic carbocycles. The summed E-state index contributed by atoms with van der Waals surface area (Å²) >= 11 is 0. The molecule has 0 heterocycles. The number of hydrogen-bond donors (Lipinski definition) is 0. The van der Waals surface area contributed by atoms with Crippen molar-refractivity contribution in [3.63, 3.8) is 0 Å². The summed E-state index contributed by atoms with van der Waals surface area (Å²) in [7, 11) is 0. The SMILES string of the molecule is CC1[CH-]CCCC1.[Y]. The van der Waals surface area contributed by atoms with Crippen molar-refractivity contribution < 1.29 is 32.7 Å². The van der Waals surface area contributed by atoms with E-state index in [4.69, 9.17) is 0 Å². The minimum Gasteiger partial charge on any atom is -0.326 e. The molecule has 0 aliphatic heterocycles. The molecule has 1 fully saturated rings. The second-order valence-electron chi connectivity index (χ2n) is 2.50. The molecule has 0 aromatic carbocycles. The summed E-state index contributed by atoms with van der Waals surface area (Å²) in [6.07, 6.45) is 8.12. The molecule has 1 saturated carbocycles. The van der Waals surface area contributed by atoms with Crippen LogP contribution in [0.2, 0.25) is 0 Å². The van der Waals surface area contributed by atoms with E-state index in [-0.39, 0.29) is 32.7 Å². The van der Waals surface area contributed by atoms with Crippen LogP contribution in [0.25, 0.3) is 0 Å². The van der Waals surface area contributed by atoms with Gasteiger partial charge in [0.2, 0.25) is 0 Å². The van der Waals surface area contributed by atoms with Crippen molar-refractivity contribution in [1.82, 2.24) is 0 Å². The van der Waals surface area contributed by atoms with Gasteiger partial charge < -0.3 is 6.42 Å². The van der Waals surface area contributed by atoms with Crippen molar-refractivity contribution in [2.45, 2.75) is 32.6 Å². The van der Waals surface area contributed by atoms with E-state index in [1.54, 1.807) is 0 Å². The van der Waals surface area contributed by atoms with Crippen LogP contribution in [0.1, 0.15) is 32.6 Å². The van der Waals surface area contributed by atoms with Crippen molar-refractivity contribution in [3.05, 3.63) is 6.42 Å². The maximum atomic E-state index is 2.43. The van der Waals surface area contributed by atoms with Crippen molar-refractivity contribution in [2.75, 3.05) is 0 Å². The van der Waals surface area contributed by atoms with Gasteiger partial charge in [-0.2, -0.15) is 12.3 Å². The fourth-order valence-corrected chi connectivity index (χ4v) is 1.13. The Balaban J connectivity index is 0.000000490.